The van der Waals surface area contributed by atoms with E-state index in [1.54, 1.807) is 30.4 Å². The Morgan fingerprint density at radius 2 is 2.07 bits per heavy atom. The minimum atomic E-state index is -0.151. The minimum Gasteiger partial charge on any atom is -0.377 e. The van der Waals surface area contributed by atoms with Crippen LogP contribution in [0.5, 0.6) is 0 Å². The Labute approximate surface area is 175 Å². The predicted octanol–water partition coefficient (Wildman–Crippen LogP) is 5.42. The average molecular weight is 415 g/mol. The molecular formula is C22H27FN4OS. The van der Waals surface area contributed by atoms with Crippen LogP contribution in [0.15, 0.2) is 54.2 Å². The van der Waals surface area contributed by atoms with E-state index in [4.69, 9.17) is 5.41 Å². The monoisotopic (exact) mass is 414 g/mol. The molecule has 0 atom stereocenters. The molecule has 1 fully saturated rings. The number of nitrogens with one attached hydrogen (secondary N) is 1. The highest BCUT2D eigenvalue weighted by Crippen LogP contribution is 2.37. The van der Waals surface area contributed by atoms with Gasteiger partial charge in [-0.1, -0.05) is 6.08 Å². The maximum atomic E-state index is 12.7. The SMILES string of the molecule is CN(C)c1ccnc2sc(C=O)cc12.C\C(F)=C/C(=C\C=C\N(C)C=N)C1CC1. The van der Waals surface area contributed by atoms with Crippen molar-refractivity contribution < 1.29 is 9.18 Å². The number of nitrogens with zero attached hydrogens (tertiary/aromatic N) is 3. The van der Waals surface area contributed by atoms with Gasteiger partial charge in [-0.05, 0) is 55.5 Å². The van der Waals surface area contributed by atoms with Crippen LogP contribution in [0.25, 0.3) is 10.2 Å². The first kappa shape index (κ1) is 22.5. The summed E-state index contributed by atoms with van der Waals surface area (Å²) in [6.45, 7) is 1.46. The number of carbonyl (C=O) groups is 1. The largest absolute Gasteiger partial charge is 0.377 e. The summed E-state index contributed by atoms with van der Waals surface area (Å²) in [5.41, 5.74) is 2.14. The summed E-state index contributed by atoms with van der Waals surface area (Å²) in [5, 5.41) is 8.01. The van der Waals surface area contributed by atoms with Crippen LogP contribution in [0, 0.1) is 11.3 Å². The quantitative estimate of drug-likeness (QED) is 0.284. The number of halogens is 1. The molecule has 0 radical (unpaired) electrons. The Bertz CT molecular complexity index is 937. The maximum absolute atomic E-state index is 12.7. The molecule has 154 valence electrons. The van der Waals surface area contributed by atoms with Gasteiger partial charge in [-0.3, -0.25) is 10.2 Å². The molecule has 1 aliphatic rings. The molecule has 2 aromatic heterocycles. The Hall–Kier alpha value is -2.80. The van der Waals surface area contributed by atoms with Crippen molar-refractivity contribution in [2.75, 3.05) is 26.0 Å². The molecule has 0 bridgehead atoms. The average Bonchev–Trinajstić information content (AvgIpc) is 3.44. The topological polar surface area (TPSA) is 60.3 Å². The summed E-state index contributed by atoms with van der Waals surface area (Å²) in [5.74, 6) is 0.382. The molecule has 1 N–H and O–H groups in total. The molecule has 0 aliphatic heterocycles. The first-order chi connectivity index (χ1) is 13.8. The van der Waals surface area contributed by atoms with Gasteiger partial charge in [0.25, 0.3) is 0 Å². The zero-order valence-corrected chi connectivity index (χ0v) is 18.0. The zero-order valence-electron chi connectivity index (χ0n) is 17.2. The van der Waals surface area contributed by atoms with Gasteiger partial charge in [0.2, 0.25) is 0 Å². The third kappa shape index (κ3) is 6.94. The normalized spacial score (nSPS) is 14.5. The van der Waals surface area contributed by atoms with Crippen LogP contribution in [-0.4, -0.2) is 43.7 Å². The van der Waals surface area contributed by atoms with E-state index in [1.807, 2.05) is 43.3 Å². The van der Waals surface area contributed by atoms with Gasteiger partial charge in [-0.25, -0.2) is 9.37 Å². The lowest BCUT2D eigenvalue weighted by Crippen LogP contribution is -2.08. The fraction of sp³-hybridized carbons (Fsp3) is 0.318. The van der Waals surface area contributed by atoms with Crippen molar-refractivity contribution in [1.29, 1.82) is 5.41 Å². The van der Waals surface area contributed by atoms with E-state index in [2.05, 4.69) is 4.98 Å². The van der Waals surface area contributed by atoms with Gasteiger partial charge in [0.15, 0.2) is 6.29 Å². The van der Waals surface area contributed by atoms with E-state index in [1.165, 1.54) is 24.6 Å². The molecule has 0 unspecified atom stereocenters. The molecule has 0 amide bonds. The van der Waals surface area contributed by atoms with Crippen LogP contribution in [0.1, 0.15) is 29.4 Å². The zero-order chi connectivity index (χ0) is 21.4. The second kappa shape index (κ2) is 10.7. The first-order valence-electron chi connectivity index (χ1n) is 9.31. The summed E-state index contributed by atoms with van der Waals surface area (Å²) < 4.78 is 12.7. The Kier molecular flexibility index (Phi) is 8.27. The Morgan fingerprint density at radius 3 is 2.62 bits per heavy atom. The van der Waals surface area contributed by atoms with E-state index < -0.39 is 0 Å². The number of hydrogen-bond acceptors (Lipinski definition) is 5. The van der Waals surface area contributed by atoms with Gasteiger partial charge in [0.05, 0.1) is 17.0 Å². The van der Waals surface area contributed by atoms with Crippen LogP contribution >= 0.6 is 11.3 Å². The Morgan fingerprint density at radius 1 is 1.34 bits per heavy atom. The molecule has 0 aromatic carbocycles. The van der Waals surface area contributed by atoms with Gasteiger partial charge in [-0.15, -0.1) is 11.3 Å². The summed E-state index contributed by atoms with van der Waals surface area (Å²) in [7, 11) is 5.74. The number of rotatable bonds is 7. The third-order valence-electron chi connectivity index (χ3n) is 4.26. The molecule has 1 aliphatic carbocycles. The summed E-state index contributed by atoms with van der Waals surface area (Å²) in [4.78, 5) is 20.1. The van der Waals surface area contributed by atoms with Crippen molar-refractivity contribution in [2.45, 2.75) is 19.8 Å². The maximum Gasteiger partial charge on any atom is 0.160 e. The number of thiophene rings is 1. The van der Waals surface area contributed by atoms with Gasteiger partial charge in [0, 0.05) is 44.6 Å². The van der Waals surface area contributed by atoms with E-state index in [9.17, 15) is 9.18 Å². The molecule has 29 heavy (non-hydrogen) atoms. The number of pyridine rings is 1. The van der Waals surface area contributed by atoms with Crippen LogP contribution in [0.3, 0.4) is 0 Å². The summed E-state index contributed by atoms with van der Waals surface area (Å²) >= 11 is 1.42. The molecule has 0 spiro atoms. The van der Waals surface area contributed by atoms with Crippen molar-refractivity contribution in [2.24, 2.45) is 5.92 Å². The smallest absolute Gasteiger partial charge is 0.160 e. The van der Waals surface area contributed by atoms with Crippen LogP contribution < -0.4 is 4.90 Å². The summed E-state index contributed by atoms with van der Waals surface area (Å²) in [6.07, 6.45) is 13.3. The van der Waals surface area contributed by atoms with Gasteiger partial charge in [0.1, 0.15) is 4.83 Å². The molecule has 5 nitrogen and oxygen atoms in total. The number of fused-ring (bicyclic) bond motifs is 1. The van der Waals surface area contributed by atoms with Crippen LogP contribution in [-0.2, 0) is 0 Å². The molecule has 3 rings (SSSR count). The first-order valence-corrected chi connectivity index (χ1v) is 10.1. The lowest BCUT2D eigenvalue weighted by molar-refractivity contribution is 0.112. The van der Waals surface area contributed by atoms with Crippen molar-refractivity contribution in [3.63, 3.8) is 0 Å². The van der Waals surface area contributed by atoms with Crippen LogP contribution in [0.4, 0.5) is 10.1 Å². The van der Waals surface area contributed by atoms with E-state index in [0.29, 0.717) is 5.92 Å². The Balaban J connectivity index is 0.000000207. The lowest BCUT2D eigenvalue weighted by Gasteiger charge is -2.12. The molecule has 2 heterocycles. The van der Waals surface area contributed by atoms with Crippen molar-refractivity contribution in [1.82, 2.24) is 9.88 Å². The fourth-order valence-corrected chi connectivity index (χ4v) is 3.51. The fourth-order valence-electron chi connectivity index (χ4n) is 2.67. The second-order valence-electron chi connectivity index (χ2n) is 7.02. The second-order valence-corrected chi connectivity index (χ2v) is 8.08. The minimum absolute atomic E-state index is 0.151. The summed E-state index contributed by atoms with van der Waals surface area (Å²) in [6, 6.07) is 3.83. The van der Waals surface area contributed by atoms with E-state index in [-0.39, 0.29) is 5.83 Å². The van der Waals surface area contributed by atoms with Gasteiger partial charge < -0.3 is 9.80 Å². The van der Waals surface area contributed by atoms with Crippen molar-refractivity contribution in [3.8, 4) is 0 Å². The van der Waals surface area contributed by atoms with Crippen molar-refractivity contribution in [3.05, 3.63) is 59.0 Å². The van der Waals surface area contributed by atoms with Crippen molar-refractivity contribution >= 4 is 39.9 Å². The van der Waals surface area contributed by atoms with Gasteiger partial charge >= 0.3 is 0 Å². The molecule has 0 saturated heterocycles. The van der Waals surface area contributed by atoms with Crippen LogP contribution in [0.2, 0.25) is 0 Å². The van der Waals surface area contributed by atoms with E-state index >= 15 is 0 Å². The molecule has 2 aromatic rings. The highest BCUT2D eigenvalue weighted by Gasteiger charge is 2.24. The number of anilines is 1. The predicted molar refractivity (Wildman–Crippen MR) is 121 cm³/mol. The number of aromatic nitrogens is 1. The van der Waals surface area contributed by atoms with E-state index in [0.717, 1.165) is 45.5 Å². The highest BCUT2D eigenvalue weighted by atomic mass is 32.1. The third-order valence-corrected chi connectivity index (χ3v) is 5.23. The number of aldehydes is 1. The number of carbonyl (C=O) groups excluding carboxylic acids is 1. The number of hydrogen-bond donors (Lipinski definition) is 1. The lowest BCUT2D eigenvalue weighted by atomic mass is 10.1. The highest BCUT2D eigenvalue weighted by molar-refractivity contribution is 7.20. The standard InChI is InChI=1S/C12H17FN2.C10H10N2OS/c1-10(13)8-12(11-5-6-11)4-3-7-15(2)9-14;1-12(2)9-3-4-11-10-8(9)5-7(6-13)14-10/h3-4,7-9,11,14H,5-6H2,1-2H3;3-6H,1-2H3/b7-3+,10-8+,12-4+,14-9?;. The molecular weight excluding hydrogens is 387 g/mol. The number of allylic oxidation sites excluding steroid dienone is 5. The molecule has 1 saturated carbocycles. The van der Waals surface area contributed by atoms with Gasteiger partial charge in [-0.2, -0.15) is 0 Å². The molecule has 7 heteroatoms.